The summed E-state index contributed by atoms with van der Waals surface area (Å²) >= 11 is 0.903. The molecule has 0 saturated carbocycles. The fraction of sp³-hybridized carbons (Fsp3) is 0.429. The molecule has 1 aromatic carbocycles. The number of nitrogen functional groups attached to an aromatic ring is 1. The molecule has 8 nitrogen and oxygen atoms in total. The molecule has 3 aromatic rings. The average molecular weight is 465 g/mol. The molecule has 1 aliphatic heterocycles. The van der Waals surface area contributed by atoms with Crippen molar-refractivity contribution in [1.29, 1.82) is 0 Å². The number of thiazole rings is 1. The first kappa shape index (κ1) is 22.6. The number of aliphatic hydroxyl groups is 1. The SMILES string of the molecule is C[C@@H]1CC(N)CC[C@H](c2c(NC(O)c3nc(-c4c(F)cccc4F)sc3N)cnn2C)O1. The number of halogens is 2. The van der Waals surface area contributed by atoms with Crippen LogP contribution >= 0.6 is 11.3 Å². The van der Waals surface area contributed by atoms with Crippen LogP contribution in [-0.2, 0) is 11.8 Å². The van der Waals surface area contributed by atoms with Gasteiger partial charge in [0.25, 0.3) is 0 Å². The lowest BCUT2D eigenvalue weighted by Crippen LogP contribution is -2.23. The highest BCUT2D eigenvalue weighted by Gasteiger charge is 2.29. The summed E-state index contributed by atoms with van der Waals surface area (Å²) in [5.74, 6) is -1.50. The molecule has 0 aliphatic carbocycles. The van der Waals surface area contributed by atoms with E-state index in [1.165, 1.54) is 6.07 Å². The molecular formula is C21H26F2N6O2S. The predicted octanol–water partition coefficient (Wildman–Crippen LogP) is 3.46. The smallest absolute Gasteiger partial charge is 0.171 e. The van der Waals surface area contributed by atoms with Crippen molar-refractivity contribution < 1.29 is 18.6 Å². The van der Waals surface area contributed by atoms with Crippen LogP contribution in [0.5, 0.6) is 0 Å². The number of nitrogens with two attached hydrogens (primary N) is 2. The van der Waals surface area contributed by atoms with Crippen LogP contribution in [0.3, 0.4) is 0 Å². The van der Waals surface area contributed by atoms with E-state index in [1.54, 1.807) is 17.9 Å². The molecule has 2 unspecified atom stereocenters. The van der Waals surface area contributed by atoms with E-state index in [4.69, 9.17) is 16.2 Å². The molecular weight excluding hydrogens is 438 g/mol. The Labute approximate surface area is 188 Å². The second kappa shape index (κ2) is 9.10. The van der Waals surface area contributed by atoms with E-state index in [0.717, 1.165) is 42.0 Å². The number of nitrogens with one attached hydrogen (secondary N) is 1. The molecule has 4 rings (SSSR count). The Bertz CT molecular complexity index is 1080. The van der Waals surface area contributed by atoms with Crippen LogP contribution in [0.4, 0.5) is 19.5 Å². The summed E-state index contributed by atoms with van der Waals surface area (Å²) in [6.07, 6.45) is 2.28. The highest BCUT2D eigenvalue weighted by atomic mass is 32.1. The van der Waals surface area contributed by atoms with Gasteiger partial charge in [0.05, 0.1) is 29.2 Å². The maximum atomic E-state index is 14.2. The standard InChI is InChI=1S/C21H26F2N6O2S/c1-10-8-11(24)6-7-15(31-10)18-14(9-26-29(18)2)27-20(30)17-19(25)32-21(28-17)16-12(22)4-3-5-13(16)23/h3-5,9-11,15,20,27,30H,6-8,24-25H2,1-2H3/t10-,11?,15-,20?/m1/s1. The summed E-state index contributed by atoms with van der Waals surface area (Å²) in [5.41, 5.74) is 13.3. The third kappa shape index (κ3) is 4.46. The van der Waals surface area contributed by atoms with Gasteiger partial charge in [-0.3, -0.25) is 4.68 Å². The summed E-state index contributed by atoms with van der Waals surface area (Å²) in [6.45, 7) is 1.98. The van der Waals surface area contributed by atoms with Crippen molar-refractivity contribution in [1.82, 2.24) is 14.8 Å². The van der Waals surface area contributed by atoms with E-state index in [2.05, 4.69) is 15.4 Å². The van der Waals surface area contributed by atoms with Gasteiger partial charge in [0, 0.05) is 13.1 Å². The summed E-state index contributed by atoms with van der Waals surface area (Å²) in [5, 5.41) is 18.3. The van der Waals surface area contributed by atoms with Crippen molar-refractivity contribution in [2.45, 2.75) is 50.7 Å². The minimum absolute atomic E-state index is 0.0161. The van der Waals surface area contributed by atoms with Gasteiger partial charge in [-0.2, -0.15) is 5.10 Å². The highest BCUT2D eigenvalue weighted by Crippen LogP contribution is 2.38. The molecule has 0 bridgehead atoms. The summed E-state index contributed by atoms with van der Waals surface area (Å²) in [4.78, 5) is 4.21. The maximum Gasteiger partial charge on any atom is 0.171 e. The first-order valence-electron chi connectivity index (χ1n) is 10.3. The average Bonchev–Trinajstić information content (AvgIpc) is 3.22. The summed E-state index contributed by atoms with van der Waals surface area (Å²) in [6, 6.07) is 3.63. The van der Waals surface area contributed by atoms with Gasteiger partial charge in [0.2, 0.25) is 0 Å². The van der Waals surface area contributed by atoms with Crippen LogP contribution in [0, 0.1) is 11.6 Å². The molecule has 4 atom stereocenters. The van der Waals surface area contributed by atoms with Crippen molar-refractivity contribution in [3.05, 3.63) is 47.4 Å². The number of aliphatic hydroxyl groups excluding tert-OH is 1. The van der Waals surface area contributed by atoms with E-state index in [9.17, 15) is 13.9 Å². The number of rotatable bonds is 5. The van der Waals surface area contributed by atoms with Crippen molar-refractivity contribution in [3.63, 3.8) is 0 Å². The zero-order chi connectivity index (χ0) is 23.0. The lowest BCUT2D eigenvalue weighted by Gasteiger charge is -2.22. The maximum absolute atomic E-state index is 14.2. The number of aryl methyl sites for hydroxylation is 1. The Morgan fingerprint density at radius 2 is 2.03 bits per heavy atom. The fourth-order valence-electron chi connectivity index (χ4n) is 4.02. The monoisotopic (exact) mass is 464 g/mol. The number of ether oxygens (including phenoxy) is 1. The van der Waals surface area contributed by atoms with Gasteiger partial charge in [-0.25, -0.2) is 13.8 Å². The molecule has 0 spiro atoms. The number of anilines is 2. The molecule has 32 heavy (non-hydrogen) atoms. The largest absolute Gasteiger partial charge is 0.389 e. The zero-order valence-corrected chi connectivity index (χ0v) is 18.6. The second-order valence-corrected chi connectivity index (χ2v) is 9.02. The Morgan fingerprint density at radius 3 is 2.75 bits per heavy atom. The van der Waals surface area contributed by atoms with E-state index in [0.29, 0.717) is 12.1 Å². The highest BCUT2D eigenvalue weighted by molar-refractivity contribution is 7.18. The normalized spacial score (nSPS) is 22.5. The molecule has 1 fully saturated rings. The minimum Gasteiger partial charge on any atom is -0.389 e. The molecule has 11 heteroatoms. The Kier molecular flexibility index (Phi) is 6.42. The first-order valence-corrected chi connectivity index (χ1v) is 11.1. The minimum atomic E-state index is -1.32. The molecule has 172 valence electrons. The van der Waals surface area contributed by atoms with Crippen LogP contribution in [0.1, 0.15) is 49.9 Å². The summed E-state index contributed by atoms with van der Waals surface area (Å²) < 4.78 is 36.2. The van der Waals surface area contributed by atoms with Gasteiger partial charge < -0.3 is 26.6 Å². The van der Waals surface area contributed by atoms with Crippen LogP contribution in [0.25, 0.3) is 10.6 Å². The van der Waals surface area contributed by atoms with Crippen LogP contribution < -0.4 is 16.8 Å². The van der Waals surface area contributed by atoms with E-state index >= 15 is 0 Å². The molecule has 1 saturated heterocycles. The Morgan fingerprint density at radius 1 is 1.31 bits per heavy atom. The van der Waals surface area contributed by atoms with Crippen molar-refractivity contribution in [2.75, 3.05) is 11.1 Å². The van der Waals surface area contributed by atoms with Crippen LogP contribution in [-0.4, -0.2) is 32.0 Å². The third-order valence-corrected chi connectivity index (χ3v) is 6.45. The lowest BCUT2D eigenvalue weighted by molar-refractivity contribution is -0.00371. The van der Waals surface area contributed by atoms with Gasteiger partial charge in [0.1, 0.15) is 33.4 Å². The van der Waals surface area contributed by atoms with E-state index < -0.39 is 17.9 Å². The number of aromatic nitrogens is 3. The topological polar surface area (TPSA) is 124 Å². The van der Waals surface area contributed by atoms with Gasteiger partial charge in [-0.1, -0.05) is 17.4 Å². The molecule has 0 radical (unpaired) electrons. The van der Waals surface area contributed by atoms with Crippen molar-refractivity contribution >= 4 is 22.0 Å². The van der Waals surface area contributed by atoms with Gasteiger partial charge in [-0.05, 0) is 38.3 Å². The predicted molar refractivity (Wildman–Crippen MR) is 119 cm³/mol. The Hall–Kier alpha value is -2.60. The fourth-order valence-corrected chi connectivity index (χ4v) is 4.93. The van der Waals surface area contributed by atoms with E-state index in [1.807, 2.05) is 6.92 Å². The molecule has 3 heterocycles. The molecule has 6 N–H and O–H groups in total. The number of nitrogens with zero attached hydrogens (tertiary/aromatic N) is 3. The third-order valence-electron chi connectivity index (χ3n) is 5.53. The quantitative estimate of drug-likeness (QED) is 0.426. The van der Waals surface area contributed by atoms with Crippen molar-refractivity contribution in [2.24, 2.45) is 12.8 Å². The lowest BCUT2D eigenvalue weighted by atomic mass is 10.0. The van der Waals surface area contributed by atoms with Crippen LogP contribution in [0.2, 0.25) is 0 Å². The zero-order valence-electron chi connectivity index (χ0n) is 17.8. The van der Waals surface area contributed by atoms with Gasteiger partial charge >= 0.3 is 0 Å². The Balaban J connectivity index is 1.59. The molecule has 0 amide bonds. The van der Waals surface area contributed by atoms with Gasteiger partial charge in [0.15, 0.2) is 6.23 Å². The first-order chi connectivity index (χ1) is 15.2. The van der Waals surface area contributed by atoms with Gasteiger partial charge in [-0.15, -0.1) is 0 Å². The number of hydrogen-bond donors (Lipinski definition) is 4. The second-order valence-electron chi connectivity index (χ2n) is 7.99. The van der Waals surface area contributed by atoms with E-state index in [-0.39, 0.29) is 39.5 Å². The van der Waals surface area contributed by atoms with Crippen LogP contribution in [0.15, 0.2) is 24.4 Å². The molecule has 2 aromatic heterocycles. The summed E-state index contributed by atoms with van der Waals surface area (Å²) in [7, 11) is 1.79. The number of benzene rings is 1. The van der Waals surface area contributed by atoms with Crippen molar-refractivity contribution in [3.8, 4) is 10.6 Å². The number of hydrogen-bond acceptors (Lipinski definition) is 8. The molecule has 1 aliphatic rings.